The number of hydrogen-bond donors (Lipinski definition) is 1. The molecule has 2 aromatic rings. The number of rotatable bonds is 7. The zero-order chi connectivity index (χ0) is 20.2. The first kappa shape index (κ1) is 21.7. The highest BCUT2D eigenvalue weighted by Crippen LogP contribution is 2.35. The molecule has 0 radical (unpaired) electrons. The summed E-state index contributed by atoms with van der Waals surface area (Å²) in [6.07, 6.45) is 3.08. The fraction of sp³-hybridized carbons (Fsp3) is 0.227. The molecule has 0 saturated carbocycles. The Balaban J connectivity index is 0.00000176. The van der Waals surface area contributed by atoms with Crippen LogP contribution >= 0.6 is 0 Å². The molecule has 27 heavy (non-hydrogen) atoms. The minimum absolute atomic E-state index is 0.599. The molecule has 0 aromatic heterocycles. The molecule has 0 aliphatic heterocycles. The Kier molecular flexibility index (Phi) is 9.04. The first-order chi connectivity index (χ1) is 13.2. The first-order valence-electron chi connectivity index (χ1n) is 8.56. The first-order valence-corrected chi connectivity index (χ1v) is 8.56. The molecular weight excluding hydrogens is 340 g/mol. The number of nitrogens with zero attached hydrogens (tertiary/aromatic N) is 1. The number of nitriles is 1. The van der Waals surface area contributed by atoms with Gasteiger partial charge in [-0.15, -0.1) is 0 Å². The number of nitrogens with one attached hydrogen (secondary N) is 1. The molecule has 5 nitrogen and oxygen atoms in total. The monoisotopic (exact) mass is 366 g/mol. The summed E-state index contributed by atoms with van der Waals surface area (Å²) in [6.45, 7) is 7.68. The topological polar surface area (TPSA) is 63.5 Å². The van der Waals surface area contributed by atoms with Crippen molar-refractivity contribution in [2.24, 2.45) is 0 Å². The van der Waals surface area contributed by atoms with E-state index < -0.39 is 0 Å². The molecule has 0 fully saturated rings. The molecule has 0 heterocycles. The van der Waals surface area contributed by atoms with Crippen molar-refractivity contribution in [3.63, 3.8) is 0 Å². The fourth-order valence-corrected chi connectivity index (χ4v) is 2.50. The second kappa shape index (κ2) is 11.3. The van der Waals surface area contributed by atoms with E-state index in [2.05, 4.69) is 18.0 Å². The second-order valence-corrected chi connectivity index (χ2v) is 5.02. The van der Waals surface area contributed by atoms with Gasteiger partial charge in [0.05, 0.1) is 33.1 Å². The Labute approximate surface area is 161 Å². The lowest BCUT2D eigenvalue weighted by Gasteiger charge is -2.14. The smallest absolute Gasteiger partial charge is 0.161 e. The Morgan fingerprint density at radius 3 is 2.00 bits per heavy atom. The van der Waals surface area contributed by atoms with Gasteiger partial charge in [0.25, 0.3) is 0 Å². The zero-order valence-electron chi connectivity index (χ0n) is 16.5. The normalized spacial score (nSPS) is 10.0. The van der Waals surface area contributed by atoms with Gasteiger partial charge in [0.1, 0.15) is 5.75 Å². The summed E-state index contributed by atoms with van der Waals surface area (Å²) in [5.74, 6) is 1.92. The number of benzene rings is 2. The van der Waals surface area contributed by atoms with Gasteiger partial charge in [-0.3, -0.25) is 0 Å². The van der Waals surface area contributed by atoms with Crippen molar-refractivity contribution in [1.82, 2.24) is 0 Å². The summed E-state index contributed by atoms with van der Waals surface area (Å²) in [4.78, 5) is 0. The van der Waals surface area contributed by atoms with Gasteiger partial charge >= 0.3 is 0 Å². The Hall–Kier alpha value is -3.39. The maximum absolute atomic E-state index is 9.22. The molecule has 0 bridgehead atoms. The highest BCUT2D eigenvalue weighted by Gasteiger charge is 2.12. The van der Waals surface area contributed by atoms with Crippen molar-refractivity contribution in [3.05, 3.63) is 66.4 Å². The summed E-state index contributed by atoms with van der Waals surface area (Å²) in [5, 5.41) is 12.3. The average molecular weight is 366 g/mol. The fourth-order valence-electron chi connectivity index (χ4n) is 2.50. The van der Waals surface area contributed by atoms with Crippen LogP contribution in [-0.2, 0) is 0 Å². The Bertz CT molecular complexity index is 836. The zero-order valence-corrected chi connectivity index (χ0v) is 16.5. The molecule has 0 unspecified atom stereocenters. The summed E-state index contributed by atoms with van der Waals surface area (Å²) in [6, 6.07) is 13.3. The maximum atomic E-state index is 9.22. The van der Waals surface area contributed by atoms with Crippen LogP contribution in [-0.4, -0.2) is 21.3 Å². The summed E-state index contributed by atoms with van der Waals surface area (Å²) >= 11 is 0. The second-order valence-electron chi connectivity index (χ2n) is 5.02. The third-order valence-electron chi connectivity index (χ3n) is 3.67. The third-order valence-corrected chi connectivity index (χ3v) is 3.67. The van der Waals surface area contributed by atoms with Gasteiger partial charge in [0, 0.05) is 6.08 Å². The van der Waals surface area contributed by atoms with Crippen LogP contribution in [0.25, 0.3) is 5.57 Å². The summed E-state index contributed by atoms with van der Waals surface area (Å²) < 4.78 is 16.0. The summed E-state index contributed by atoms with van der Waals surface area (Å²) in [7, 11) is 4.76. The van der Waals surface area contributed by atoms with Gasteiger partial charge in [0.2, 0.25) is 0 Å². The van der Waals surface area contributed by atoms with Gasteiger partial charge in [-0.1, -0.05) is 32.6 Å². The predicted molar refractivity (Wildman–Crippen MR) is 110 cm³/mol. The number of ether oxygens (including phenoxy) is 3. The van der Waals surface area contributed by atoms with E-state index in [-0.39, 0.29) is 0 Å². The molecule has 142 valence electrons. The van der Waals surface area contributed by atoms with Crippen molar-refractivity contribution in [2.75, 3.05) is 26.6 Å². The summed E-state index contributed by atoms with van der Waals surface area (Å²) in [5.41, 5.74) is 3.23. The van der Waals surface area contributed by atoms with E-state index in [0.29, 0.717) is 17.2 Å². The standard InChI is InChI=1S/C20H20N2O3.C2H6/c1-5-22-17-12-14(6-8-18(17)23-2)16(10-11-21)15-7-9-19(24-3)20(13-15)25-4;1-2/h5-10,12-13,22H,1H2,2-4H3;1-2H3/b16-10+;. The van der Waals surface area contributed by atoms with Crippen LogP contribution in [0, 0.1) is 11.3 Å². The van der Waals surface area contributed by atoms with Crippen LogP contribution in [0.4, 0.5) is 5.69 Å². The minimum Gasteiger partial charge on any atom is -0.495 e. The largest absolute Gasteiger partial charge is 0.495 e. The van der Waals surface area contributed by atoms with Crippen molar-refractivity contribution in [3.8, 4) is 23.3 Å². The van der Waals surface area contributed by atoms with Crippen LogP contribution in [0.2, 0.25) is 0 Å². The molecule has 0 atom stereocenters. The maximum Gasteiger partial charge on any atom is 0.161 e. The van der Waals surface area contributed by atoms with Gasteiger partial charge in [-0.2, -0.15) is 5.26 Å². The molecule has 2 aromatic carbocycles. The van der Waals surface area contributed by atoms with Crippen LogP contribution in [0.3, 0.4) is 0 Å². The Morgan fingerprint density at radius 1 is 0.926 bits per heavy atom. The van der Waals surface area contributed by atoms with E-state index in [4.69, 9.17) is 14.2 Å². The van der Waals surface area contributed by atoms with E-state index in [1.54, 1.807) is 27.5 Å². The lowest BCUT2D eigenvalue weighted by Crippen LogP contribution is -1.96. The van der Waals surface area contributed by atoms with Crippen molar-refractivity contribution < 1.29 is 14.2 Å². The van der Waals surface area contributed by atoms with E-state index in [1.165, 1.54) is 6.08 Å². The van der Waals surface area contributed by atoms with Gasteiger partial charge in [0.15, 0.2) is 11.5 Å². The predicted octanol–water partition coefficient (Wildman–Crippen LogP) is 5.25. The quantitative estimate of drug-likeness (QED) is 0.678. The molecule has 0 amide bonds. The van der Waals surface area contributed by atoms with E-state index in [1.807, 2.05) is 50.2 Å². The number of anilines is 1. The van der Waals surface area contributed by atoms with Crippen LogP contribution < -0.4 is 19.5 Å². The van der Waals surface area contributed by atoms with Crippen molar-refractivity contribution in [2.45, 2.75) is 13.8 Å². The van der Waals surface area contributed by atoms with Gasteiger partial charge < -0.3 is 19.5 Å². The van der Waals surface area contributed by atoms with E-state index >= 15 is 0 Å². The van der Waals surface area contributed by atoms with Crippen LogP contribution in [0.1, 0.15) is 25.0 Å². The molecule has 0 aliphatic rings. The number of allylic oxidation sites excluding steroid dienone is 1. The molecular formula is C22H26N2O3. The van der Waals surface area contributed by atoms with E-state index in [0.717, 1.165) is 22.4 Å². The highest BCUT2D eigenvalue weighted by atomic mass is 16.5. The Morgan fingerprint density at radius 2 is 1.48 bits per heavy atom. The van der Waals surface area contributed by atoms with Crippen LogP contribution in [0.15, 0.2) is 55.3 Å². The van der Waals surface area contributed by atoms with Gasteiger partial charge in [-0.05, 0) is 47.2 Å². The molecule has 0 aliphatic carbocycles. The third kappa shape index (κ3) is 5.29. The van der Waals surface area contributed by atoms with Crippen LogP contribution in [0.5, 0.6) is 17.2 Å². The molecule has 0 spiro atoms. The lowest BCUT2D eigenvalue weighted by molar-refractivity contribution is 0.355. The SMILES string of the molecule is C=CNc1cc(/C(=C\C#N)c2ccc(OC)c(OC)c2)ccc1OC.CC. The van der Waals surface area contributed by atoms with Crippen molar-refractivity contribution in [1.29, 1.82) is 5.26 Å². The number of hydrogen-bond acceptors (Lipinski definition) is 5. The molecule has 2 rings (SSSR count). The van der Waals surface area contributed by atoms with Crippen molar-refractivity contribution >= 4 is 11.3 Å². The highest BCUT2D eigenvalue weighted by molar-refractivity contribution is 5.84. The average Bonchev–Trinajstić information content (AvgIpc) is 2.73. The lowest BCUT2D eigenvalue weighted by atomic mass is 9.96. The molecule has 0 saturated heterocycles. The molecule has 1 N–H and O–H groups in total. The minimum atomic E-state index is 0.599. The van der Waals surface area contributed by atoms with E-state index in [9.17, 15) is 5.26 Å². The number of methoxy groups -OCH3 is 3. The molecule has 5 heteroatoms. The van der Waals surface area contributed by atoms with Gasteiger partial charge in [-0.25, -0.2) is 0 Å².